The molecule has 3 aromatic rings. The van der Waals surface area contributed by atoms with Gasteiger partial charge in [-0.05, 0) is 44.5 Å². The van der Waals surface area contributed by atoms with Crippen molar-refractivity contribution in [3.05, 3.63) is 68.1 Å². The lowest BCUT2D eigenvalue weighted by atomic mass is 9.88. The number of allylic oxidation sites excluding steroid dienone is 1. The van der Waals surface area contributed by atoms with Crippen molar-refractivity contribution in [2.75, 3.05) is 12.0 Å². The number of nitro groups is 1. The maximum absolute atomic E-state index is 13.7. The summed E-state index contributed by atoms with van der Waals surface area (Å²) in [7, 11) is 1.58. The number of halogens is 1. The fourth-order valence-corrected chi connectivity index (χ4v) is 5.39. The van der Waals surface area contributed by atoms with E-state index in [1.807, 2.05) is 45.0 Å². The summed E-state index contributed by atoms with van der Waals surface area (Å²) >= 11 is 7.73. The van der Waals surface area contributed by atoms with Crippen LogP contribution in [0.3, 0.4) is 0 Å². The first-order valence-corrected chi connectivity index (χ1v) is 10.4. The molecule has 0 unspecified atom stereocenters. The summed E-state index contributed by atoms with van der Waals surface area (Å²) in [6.45, 7) is 5.94. The minimum Gasteiger partial charge on any atom is -0.497 e. The van der Waals surface area contributed by atoms with Gasteiger partial charge in [-0.2, -0.15) is 0 Å². The quantitative estimate of drug-likeness (QED) is 0.351. The molecular formula is C22H19ClN2O4S. The molecule has 0 atom stereocenters. The third-order valence-electron chi connectivity index (χ3n) is 5.24. The monoisotopic (exact) mass is 442 g/mol. The van der Waals surface area contributed by atoms with Gasteiger partial charge in [0.2, 0.25) is 0 Å². The highest BCUT2D eigenvalue weighted by Gasteiger charge is 2.38. The molecule has 30 heavy (non-hydrogen) atoms. The van der Waals surface area contributed by atoms with Crippen molar-refractivity contribution in [2.24, 2.45) is 0 Å². The summed E-state index contributed by atoms with van der Waals surface area (Å²) in [5.74, 6) is 0.391. The van der Waals surface area contributed by atoms with Crippen LogP contribution in [0.1, 0.15) is 36.0 Å². The van der Waals surface area contributed by atoms with E-state index in [0.717, 1.165) is 28.2 Å². The first-order valence-electron chi connectivity index (χ1n) is 9.23. The summed E-state index contributed by atoms with van der Waals surface area (Å²) in [6.07, 6.45) is 2.05. The number of carbonyl (C=O) groups is 1. The lowest BCUT2D eigenvalue weighted by molar-refractivity contribution is -0.384. The number of thiophene rings is 1. The largest absolute Gasteiger partial charge is 0.497 e. The SMILES string of the molecule is COc1ccc2c(c1)N(C(=O)c1sc3cc([N+](=O)[O-])ccc3c1Cl)C(C)(C)C=C2C. The van der Waals surface area contributed by atoms with Gasteiger partial charge in [0.05, 0.1) is 28.3 Å². The van der Waals surface area contributed by atoms with E-state index in [1.165, 1.54) is 12.1 Å². The zero-order valence-corrected chi connectivity index (χ0v) is 18.4. The fraction of sp³-hybridized carbons (Fsp3) is 0.227. The van der Waals surface area contributed by atoms with Crippen molar-refractivity contribution in [1.29, 1.82) is 0 Å². The molecule has 6 nitrogen and oxygen atoms in total. The van der Waals surface area contributed by atoms with Gasteiger partial charge in [0.25, 0.3) is 11.6 Å². The standard InChI is InChI=1S/C22H19ClN2O4S/c1-12-11-22(2,3)24(17-10-14(29-4)6-8-15(12)17)21(26)20-19(23)16-7-5-13(25(27)28)9-18(16)30-20/h5-11H,1-4H3. The van der Waals surface area contributed by atoms with Gasteiger partial charge in [0.15, 0.2) is 0 Å². The molecule has 4 rings (SSSR count). The average Bonchev–Trinajstić information content (AvgIpc) is 3.02. The van der Waals surface area contributed by atoms with Gasteiger partial charge >= 0.3 is 0 Å². The van der Waals surface area contributed by atoms with Crippen molar-refractivity contribution >= 4 is 55.9 Å². The number of rotatable bonds is 3. The number of amides is 1. The number of ether oxygens (including phenoxy) is 1. The fourth-order valence-electron chi connectivity index (χ4n) is 3.92. The van der Waals surface area contributed by atoms with E-state index in [2.05, 4.69) is 0 Å². The highest BCUT2D eigenvalue weighted by molar-refractivity contribution is 7.21. The normalized spacial score (nSPS) is 15.0. The molecule has 0 bridgehead atoms. The highest BCUT2D eigenvalue weighted by Crippen LogP contribution is 2.44. The molecule has 0 spiro atoms. The van der Waals surface area contributed by atoms with Crippen LogP contribution in [0.5, 0.6) is 5.75 Å². The van der Waals surface area contributed by atoms with Crippen molar-refractivity contribution in [3.8, 4) is 5.75 Å². The lowest BCUT2D eigenvalue weighted by Crippen LogP contribution is -2.48. The van der Waals surface area contributed by atoms with E-state index in [0.29, 0.717) is 25.7 Å². The predicted octanol–water partition coefficient (Wildman–Crippen LogP) is 6.31. The molecule has 1 aliphatic rings. The number of hydrogen-bond acceptors (Lipinski definition) is 5. The van der Waals surface area contributed by atoms with Crippen LogP contribution in [0.25, 0.3) is 15.7 Å². The van der Waals surface area contributed by atoms with Crippen molar-refractivity contribution in [1.82, 2.24) is 0 Å². The Hall–Kier alpha value is -2.90. The molecule has 0 fully saturated rings. The zero-order valence-electron chi connectivity index (χ0n) is 16.9. The number of hydrogen-bond donors (Lipinski definition) is 0. The molecule has 1 aromatic heterocycles. The molecule has 154 valence electrons. The van der Waals surface area contributed by atoms with Crippen molar-refractivity contribution in [2.45, 2.75) is 26.3 Å². The van der Waals surface area contributed by atoms with Crippen LogP contribution < -0.4 is 9.64 Å². The zero-order chi connectivity index (χ0) is 21.8. The van der Waals surface area contributed by atoms with Crippen LogP contribution in [0.4, 0.5) is 11.4 Å². The second kappa shape index (κ2) is 7.11. The molecule has 0 N–H and O–H groups in total. The molecule has 2 heterocycles. The topological polar surface area (TPSA) is 72.7 Å². The second-order valence-electron chi connectivity index (χ2n) is 7.69. The Morgan fingerprint density at radius 2 is 1.97 bits per heavy atom. The minimum atomic E-state index is -0.605. The molecular weight excluding hydrogens is 424 g/mol. The van der Waals surface area contributed by atoms with Gasteiger partial charge in [0, 0.05) is 33.8 Å². The number of nitrogens with zero attached hydrogens (tertiary/aromatic N) is 2. The van der Waals surface area contributed by atoms with E-state index in [4.69, 9.17) is 16.3 Å². The van der Waals surface area contributed by atoms with Crippen LogP contribution in [0, 0.1) is 10.1 Å². The molecule has 1 amide bonds. The first kappa shape index (κ1) is 20.4. The number of anilines is 1. The predicted molar refractivity (Wildman–Crippen MR) is 121 cm³/mol. The van der Waals surface area contributed by atoms with Crippen LogP contribution in [-0.2, 0) is 0 Å². The molecule has 8 heteroatoms. The average molecular weight is 443 g/mol. The van der Waals surface area contributed by atoms with Gasteiger partial charge in [-0.3, -0.25) is 19.8 Å². The third-order valence-corrected chi connectivity index (χ3v) is 6.88. The molecule has 2 aromatic carbocycles. The minimum absolute atomic E-state index is 0.0358. The summed E-state index contributed by atoms with van der Waals surface area (Å²) in [5, 5.41) is 12.0. The number of benzene rings is 2. The highest BCUT2D eigenvalue weighted by atomic mass is 35.5. The van der Waals surface area contributed by atoms with E-state index in [1.54, 1.807) is 18.1 Å². The van der Waals surface area contributed by atoms with Crippen LogP contribution >= 0.6 is 22.9 Å². The van der Waals surface area contributed by atoms with Crippen LogP contribution in [-0.4, -0.2) is 23.5 Å². The second-order valence-corrected chi connectivity index (χ2v) is 9.12. The Morgan fingerprint density at radius 1 is 1.23 bits per heavy atom. The third kappa shape index (κ3) is 3.14. The Balaban J connectivity index is 1.89. The van der Waals surface area contributed by atoms with E-state index in [-0.39, 0.29) is 11.6 Å². The molecule has 0 saturated heterocycles. The number of fused-ring (bicyclic) bond motifs is 2. The summed E-state index contributed by atoms with van der Waals surface area (Å²) in [4.78, 5) is 26.5. The van der Waals surface area contributed by atoms with Gasteiger partial charge in [0.1, 0.15) is 10.6 Å². The van der Waals surface area contributed by atoms with Crippen LogP contribution in [0.2, 0.25) is 5.02 Å². The molecule has 1 aliphatic heterocycles. The maximum Gasteiger partial charge on any atom is 0.270 e. The smallest absolute Gasteiger partial charge is 0.270 e. The molecule has 0 saturated carbocycles. The summed E-state index contributed by atoms with van der Waals surface area (Å²) < 4.78 is 5.98. The molecule has 0 radical (unpaired) electrons. The molecule has 0 aliphatic carbocycles. The summed E-state index contributed by atoms with van der Waals surface area (Å²) in [6, 6.07) is 10.1. The Morgan fingerprint density at radius 3 is 2.63 bits per heavy atom. The van der Waals surface area contributed by atoms with E-state index >= 15 is 0 Å². The van der Waals surface area contributed by atoms with Crippen molar-refractivity contribution in [3.63, 3.8) is 0 Å². The Labute approximate surface area is 182 Å². The van der Waals surface area contributed by atoms with E-state index < -0.39 is 10.5 Å². The van der Waals surface area contributed by atoms with Gasteiger partial charge in [-0.1, -0.05) is 17.7 Å². The van der Waals surface area contributed by atoms with Gasteiger partial charge in [-0.15, -0.1) is 11.3 Å². The lowest BCUT2D eigenvalue weighted by Gasteiger charge is -2.41. The number of nitro benzene ring substituents is 1. The maximum atomic E-state index is 13.7. The number of methoxy groups -OCH3 is 1. The number of non-ortho nitro benzene ring substituents is 1. The Bertz CT molecular complexity index is 1250. The van der Waals surface area contributed by atoms with Crippen LogP contribution in [0.15, 0.2) is 42.5 Å². The Kier molecular flexibility index (Phi) is 4.83. The van der Waals surface area contributed by atoms with E-state index in [9.17, 15) is 14.9 Å². The van der Waals surface area contributed by atoms with Gasteiger partial charge in [-0.25, -0.2) is 0 Å². The summed E-state index contributed by atoms with van der Waals surface area (Å²) in [5.41, 5.74) is 2.11. The number of carbonyl (C=O) groups excluding carboxylic acids is 1. The van der Waals surface area contributed by atoms with Gasteiger partial charge < -0.3 is 4.74 Å². The van der Waals surface area contributed by atoms with Crippen molar-refractivity contribution < 1.29 is 14.5 Å². The first-order chi connectivity index (χ1) is 14.1.